The number of ether oxygens (including phenoxy) is 1. The van der Waals surface area contributed by atoms with E-state index < -0.39 is 0 Å². The SMILES string of the molecule is Cc1cccc(OCc2nnc(-c3nc4ccccc4s3)o2)c1. The maximum atomic E-state index is 5.67. The highest BCUT2D eigenvalue weighted by atomic mass is 32.1. The molecule has 0 radical (unpaired) electrons. The van der Waals surface area contributed by atoms with E-state index in [2.05, 4.69) is 15.2 Å². The number of nitrogens with zero attached hydrogens (tertiary/aromatic N) is 3. The van der Waals surface area contributed by atoms with Crippen molar-refractivity contribution in [3.05, 3.63) is 60.0 Å². The minimum atomic E-state index is 0.237. The van der Waals surface area contributed by atoms with E-state index in [1.54, 1.807) is 0 Å². The van der Waals surface area contributed by atoms with Crippen LogP contribution in [0.2, 0.25) is 0 Å². The molecule has 0 N–H and O–H groups in total. The minimum Gasteiger partial charge on any atom is -0.484 e. The summed E-state index contributed by atoms with van der Waals surface area (Å²) in [5.74, 6) is 1.64. The highest BCUT2D eigenvalue weighted by molar-refractivity contribution is 7.21. The molecule has 4 rings (SSSR count). The molecule has 2 aromatic carbocycles. The first-order chi connectivity index (χ1) is 11.3. The maximum Gasteiger partial charge on any atom is 0.276 e. The van der Waals surface area contributed by atoms with E-state index in [9.17, 15) is 0 Å². The number of fused-ring (bicyclic) bond motifs is 1. The summed E-state index contributed by atoms with van der Waals surface area (Å²) in [7, 11) is 0. The number of thiazole rings is 1. The summed E-state index contributed by atoms with van der Waals surface area (Å²) in [6, 6.07) is 15.8. The van der Waals surface area contributed by atoms with Crippen LogP contribution in [0.4, 0.5) is 0 Å². The van der Waals surface area contributed by atoms with Crippen LogP contribution in [0.5, 0.6) is 5.75 Å². The third-order valence-corrected chi connectivity index (χ3v) is 4.32. The number of benzene rings is 2. The van der Waals surface area contributed by atoms with Crippen LogP contribution in [0.25, 0.3) is 21.1 Å². The van der Waals surface area contributed by atoms with Crippen LogP contribution in [-0.4, -0.2) is 15.2 Å². The zero-order valence-electron chi connectivity index (χ0n) is 12.4. The summed E-state index contributed by atoms with van der Waals surface area (Å²) in [4.78, 5) is 4.51. The van der Waals surface area contributed by atoms with Crippen molar-refractivity contribution in [2.45, 2.75) is 13.5 Å². The van der Waals surface area contributed by atoms with Gasteiger partial charge in [0.1, 0.15) is 5.75 Å². The van der Waals surface area contributed by atoms with E-state index in [0.717, 1.165) is 26.5 Å². The van der Waals surface area contributed by atoms with Gasteiger partial charge in [0.05, 0.1) is 10.2 Å². The lowest BCUT2D eigenvalue weighted by molar-refractivity contribution is 0.264. The monoisotopic (exact) mass is 323 g/mol. The summed E-state index contributed by atoms with van der Waals surface area (Å²) in [6.07, 6.45) is 0. The van der Waals surface area contributed by atoms with E-state index >= 15 is 0 Å². The normalized spacial score (nSPS) is 11.0. The van der Waals surface area contributed by atoms with Crippen LogP contribution < -0.4 is 4.74 Å². The van der Waals surface area contributed by atoms with Gasteiger partial charge in [-0.25, -0.2) is 4.98 Å². The standard InChI is InChI=1S/C17H13N3O2S/c1-11-5-4-6-12(9-11)21-10-15-19-20-16(22-15)17-18-13-7-2-3-8-14(13)23-17/h2-9H,10H2,1H3. The quantitative estimate of drug-likeness (QED) is 0.562. The second kappa shape index (κ2) is 5.81. The molecule has 0 amide bonds. The molecule has 2 heterocycles. The van der Waals surface area contributed by atoms with Crippen LogP contribution >= 0.6 is 11.3 Å². The molecule has 23 heavy (non-hydrogen) atoms. The summed E-state index contributed by atoms with van der Waals surface area (Å²) in [6.45, 7) is 2.26. The van der Waals surface area contributed by atoms with Gasteiger partial charge in [-0.15, -0.1) is 21.5 Å². The summed E-state index contributed by atoms with van der Waals surface area (Å²) in [5, 5.41) is 8.81. The van der Waals surface area contributed by atoms with E-state index in [1.165, 1.54) is 11.3 Å². The molecule has 0 fully saturated rings. The fraction of sp³-hybridized carbons (Fsp3) is 0.118. The molecule has 5 nitrogen and oxygen atoms in total. The van der Waals surface area contributed by atoms with Crippen molar-refractivity contribution in [3.8, 4) is 16.6 Å². The third kappa shape index (κ3) is 2.93. The average Bonchev–Trinajstić information content (AvgIpc) is 3.19. The van der Waals surface area contributed by atoms with E-state index in [0.29, 0.717) is 11.8 Å². The largest absolute Gasteiger partial charge is 0.484 e. The Morgan fingerprint density at radius 1 is 1.09 bits per heavy atom. The Labute approximate surface area is 136 Å². The lowest BCUT2D eigenvalue weighted by atomic mass is 10.2. The molecule has 0 aliphatic heterocycles. The molecule has 0 saturated heterocycles. The average molecular weight is 323 g/mol. The highest BCUT2D eigenvalue weighted by Gasteiger charge is 2.13. The van der Waals surface area contributed by atoms with Crippen LogP contribution in [0.3, 0.4) is 0 Å². The Kier molecular flexibility index (Phi) is 3.51. The Morgan fingerprint density at radius 2 is 2.00 bits per heavy atom. The molecule has 0 bridgehead atoms. The zero-order valence-corrected chi connectivity index (χ0v) is 13.2. The third-order valence-electron chi connectivity index (χ3n) is 3.30. The minimum absolute atomic E-state index is 0.237. The molecule has 0 atom stereocenters. The van der Waals surface area contributed by atoms with E-state index in [1.807, 2.05) is 55.5 Å². The Bertz CT molecular complexity index is 928. The van der Waals surface area contributed by atoms with Crippen molar-refractivity contribution in [1.82, 2.24) is 15.2 Å². The van der Waals surface area contributed by atoms with Gasteiger partial charge in [-0.3, -0.25) is 0 Å². The molecule has 0 aliphatic carbocycles. The number of aryl methyl sites for hydroxylation is 1. The van der Waals surface area contributed by atoms with Gasteiger partial charge >= 0.3 is 0 Å². The number of rotatable bonds is 4. The first kappa shape index (κ1) is 13.9. The summed E-state index contributed by atoms with van der Waals surface area (Å²) < 4.78 is 12.4. The number of para-hydroxylation sites is 1. The predicted molar refractivity (Wildman–Crippen MR) is 88.4 cm³/mol. The predicted octanol–water partition coefficient (Wildman–Crippen LogP) is 4.23. The zero-order chi connectivity index (χ0) is 15.6. The molecule has 2 aromatic heterocycles. The van der Waals surface area contributed by atoms with Gasteiger partial charge in [0.2, 0.25) is 0 Å². The van der Waals surface area contributed by atoms with Gasteiger partial charge in [0.15, 0.2) is 11.6 Å². The van der Waals surface area contributed by atoms with Gasteiger partial charge in [-0.05, 0) is 36.8 Å². The lowest BCUT2D eigenvalue weighted by Gasteiger charge is -2.03. The van der Waals surface area contributed by atoms with Gasteiger partial charge in [-0.2, -0.15) is 0 Å². The van der Waals surface area contributed by atoms with Crippen molar-refractivity contribution < 1.29 is 9.15 Å². The van der Waals surface area contributed by atoms with Gasteiger partial charge < -0.3 is 9.15 Å². The van der Waals surface area contributed by atoms with Crippen LogP contribution in [-0.2, 0) is 6.61 Å². The molecule has 0 saturated carbocycles. The van der Waals surface area contributed by atoms with Crippen molar-refractivity contribution >= 4 is 21.6 Å². The van der Waals surface area contributed by atoms with E-state index in [-0.39, 0.29) is 6.61 Å². The van der Waals surface area contributed by atoms with Crippen LogP contribution in [0.1, 0.15) is 11.5 Å². The number of aromatic nitrogens is 3. The lowest BCUT2D eigenvalue weighted by Crippen LogP contribution is -1.95. The van der Waals surface area contributed by atoms with E-state index in [4.69, 9.17) is 9.15 Å². The Balaban J connectivity index is 1.52. The highest BCUT2D eigenvalue weighted by Crippen LogP contribution is 2.29. The maximum absolute atomic E-state index is 5.67. The fourth-order valence-corrected chi connectivity index (χ4v) is 3.10. The van der Waals surface area contributed by atoms with Crippen molar-refractivity contribution in [2.75, 3.05) is 0 Å². The van der Waals surface area contributed by atoms with Crippen LogP contribution in [0, 0.1) is 6.92 Å². The first-order valence-corrected chi connectivity index (χ1v) is 7.97. The second-order valence-corrected chi connectivity index (χ2v) is 6.12. The summed E-state index contributed by atoms with van der Waals surface area (Å²) in [5.41, 5.74) is 2.08. The first-order valence-electron chi connectivity index (χ1n) is 7.16. The fourth-order valence-electron chi connectivity index (χ4n) is 2.21. The van der Waals surface area contributed by atoms with Crippen molar-refractivity contribution in [2.24, 2.45) is 0 Å². The molecule has 0 unspecified atom stereocenters. The molecule has 0 spiro atoms. The number of hydrogen-bond donors (Lipinski definition) is 0. The van der Waals surface area contributed by atoms with Gasteiger partial charge in [0, 0.05) is 0 Å². The Hall–Kier alpha value is -2.73. The number of hydrogen-bond acceptors (Lipinski definition) is 6. The van der Waals surface area contributed by atoms with Crippen molar-refractivity contribution in [1.29, 1.82) is 0 Å². The topological polar surface area (TPSA) is 61.0 Å². The molecule has 0 aliphatic rings. The van der Waals surface area contributed by atoms with Gasteiger partial charge in [-0.1, -0.05) is 24.3 Å². The molecule has 4 aromatic rings. The Morgan fingerprint density at radius 3 is 2.87 bits per heavy atom. The molecule has 6 heteroatoms. The smallest absolute Gasteiger partial charge is 0.276 e. The second-order valence-electron chi connectivity index (χ2n) is 5.09. The van der Waals surface area contributed by atoms with Crippen molar-refractivity contribution in [3.63, 3.8) is 0 Å². The molecular formula is C17H13N3O2S. The van der Waals surface area contributed by atoms with Gasteiger partial charge in [0.25, 0.3) is 11.8 Å². The molecule has 114 valence electrons. The summed E-state index contributed by atoms with van der Waals surface area (Å²) >= 11 is 1.53. The molecular weight excluding hydrogens is 310 g/mol. The van der Waals surface area contributed by atoms with Crippen LogP contribution in [0.15, 0.2) is 52.9 Å².